The molecule has 0 bridgehead atoms. The van der Waals surface area contributed by atoms with Crippen molar-refractivity contribution in [1.82, 2.24) is 5.32 Å². The number of ether oxygens (including phenoxy) is 1. The van der Waals surface area contributed by atoms with E-state index < -0.39 is 0 Å². The van der Waals surface area contributed by atoms with E-state index in [-0.39, 0.29) is 11.7 Å². The first-order chi connectivity index (χ1) is 8.51. The molecule has 1 aliphatic rings. The zero-order valence-electron chi connectivity index (χ0n) is 9.19. The molecule has 0 radical (unpaired) electrons. The molecule has 0 spiro atoms. The van der Waals surface area contributed by atoms with E-state index >= 15 is 0 Å². The molecule has 2 N–H and O–H groups in total. The van der Waals surface area contributed by atoms with Crippen LogP contribution in [0.1, 0.15) is 5.56 Å². The molecule has 1 aromatic rings. The molecule has 0 atom stereocenters. The zero-order valence-corrected chi connectivity index (χ0v) is 13.0. The molecule has 1 aliphatic heterocycles. The third kappa shape index (κ3) is 2.78. The smallest absolute Gasteiger partial charge is 0.263 e. The maximum Gasteiger partial charge on any atom is 0.263 e. The Morgan fingerprint density at radius 2 is 2.28 bits per heavy atom. The van der Waals surface area contributed by atoms with Crippen LogP contribution >= 0.6 is 46.6 Å². The van der Waals surface area contributed by atoms with E-state index in [1.165, 1.54) is 18.9 Å². The fourth-order valence-corrected chi connectivity index (χ4v) is 3.07. The SMILES string of the molecule is COc1cc(/C=C2/SC(=S)NC2=O)cc(I)c1O. The van der Waals surface area contributed by atoms with Crippen LogP contribution < -0.4 is 10.1 Å². The summed E-state index contributed by atoms with van der Waals surface area (Å²) in [6.07, 6.45) is 1.71. The number of aromatic hydroxyl groups is 1. The molecule has 7 heteroatoms. The van der Waals surface area contributed by atoms with Crippen molar-refractivity contribution in [2.24, 2.45) is 0 Å². The van der Waals surface area contributed by atoms with Gasteiger partial charge >= 0.3 is 0 Å². The fourth-order valence-electron chi connectivity index (χ4n) is 1.41. The number of rotatable bonds is 2. The Balaban J connectivity index is 2.41. The quantitative estimate of drug-likeness (QED) is 0.460. The van der Waals surface area contributed by atoms with Crippen LogP contribution in [0.3, 0.4) is 0 Å². The standard InChI is InChI=1S/C11H8INO3S2/c1-16-7-3-5(2-6(12)9(7)14)4-8-10(15)13-11(17)18-8/h2-4,14H,1H3,(H,13,15,17)/b8-4+. The van der Waals surface area contributed by atoms with Gasteiger partial charge in [0.1, 0.15) is 4.32 Å². The van der Waals surface area contributed by atoms with Gasteiger partial charge in [-0.05, 0) is 46.4 Å². The van der Waals surface area contributed by atoms with Crippen molar-refractivity contribution in [3.63, 3.8) is 0 Å². The van der Waals surface area contributed by atoms with Crippen LogP contribution in [-0.4, -0.2) is 22.4 Å². The van der Waals surface area contributed by atoms with Gasteiger partial charge < -0.3 is 15.2 Å². The highest BCUT2D eigenvalue weighted by atomic mass is 127. The molecule has 1 saturated heterocycles. The van der Waals surface area contributed by atoms with Crippen LogP contribution in [-0.2, 0) is 4.79 Å². The molecule has 0 unspecified atom stereocenters. The van der Waals surface area contributed by atoms with E-state index in [9.17, 15) is 9.90 Å². The summed E-state index contributed by atoms with van der Waals surface area (Å²) in [5, 5.41) is 12.3. The summed E-state index contributed by atoms with van der Waals surface area (Å²) in [4.78, 5) is 12.1. The van der Waals surface area contributed by atoms with Crippen LogP contribution in [0.4, 0.5) is 0 Å². The molecule has 94 valence electrons. The third-order valence-corrected chi connectivity index (χ3v) is 4.20. The van der Waals surface area contributed by atoms with E-state index in [2.05, 4.69) is 5.32 Å². The normalized spacial score (nSPS) is 17.1. The maximum absolute atomic E-state index is 11.5. The van der Waals surface area contributed by atoms with Gasteiger partial charge in [0.05, 0.1) is 15.6 Å². The number of thioether (sulfide) groups is 1. The summed E-state index contributed by atoms with van der Waals surface area (Å²) in [5.41, 5.74) is 0.774. The van der Waals surface area contributed by atoms with Crippen LogP contribution in [0, 0.1) is 3.57 Å². The lowest BCUT2D eigenvalue weighted by Crippen LogP contribution is -2.17. The second-order valence-electron chi connectivity index (χ2n) is 3.41. The summed E-state index contributed by atoms with van der Waals surface area (Å²) in [5.74, 6) is 0.270. The number of methoxy groups -OCH3 is 1. The van der Waals surface area contributed by atoms with Crippen molar-refractivity contribution >= 4 is 62.9 Å². The second kappa shape index (κ2) is 5.45. The Kier molecular flexibility index (Phi) is 4.13. The average Bonchev–Trinajstić information content (AvgIpc) is 2.62. The van der Waals surface area contributed by atoms with Crippen LogP contribution in [0.15, 0.2) is 17.0 Å². The molecule has 1 fully saturated rings. The van der Waals surface area contributed by atoms with Crippen molar-refractivity contribution in [1.29, 1.82) is 0 Å². The van der Waals surface area contributed by atoms with Gasteiger partial charge in [0.2, 0.25) is 0 Å². The summed E-state index contributed by atoms with van der Waals surface area (Å²) >= 11 is 8.13. The Labute approximate surface area is 127 Å². The van der Waals surface area contributed by atoms with Gasteiger partial charge in [-0.3, -0.25) is 4.79 Å². The van der Waals surface area contributed by atoms with Gasteiger partial charge in [-0.25, -0.2) is 0 Å². The van der Waals surface area contributed by atoms with Crippen molar-refractivity contribution in [2.75, 3.05) is 7.11 Å². The first-order valence-corrected chi connectivity index (χ1v) is 7.13. The van der Waals surface area contributed by atoms with E-state index in [1.54, 1.807) is 18.2 Å². The largest absolute Gasteiger partial charge is 0.504 e. The summed E-state index contributed by atoms with van der Waals surface area (Å²) in [6, 6.07) is 3.43. The number of phenolic OH excluding ortho intramolecular Hbond substituents is 1. The molecule has 0 aromatic heterocycles. The van der Waals surface area contributed by atoms with Gasteiger partial charge in [0, 0.05) is 0 Å². The molecule has 0 aliphatic carbocycles. The van der Waals surface area contributed by atoms with Crippen LogP contribution in [0.2, 0.25) is 0 Å². The molecule has 1 amide bonds. The van der Waals surface area contributed by atoms with Crippen molar-refractivity contribution in [3.05, 3.63) is 26.2 Å². The number of hydrogen-bond donors (Lipinski definition) is 2. The predicted octanol–water partition coefficient (Wildman–Crippen LogP) is 2.49. The Morgan fingerprint density at radius 1 is 1.56 bits per heavy atom. The topological polar surface area (TPSA) is 58.6 Å². The first kappa shape index (κ1) is 13.6. The number of hydrogen-bond acceptors (Lipinski definition) is 5. The van der Waals surface area contributed by atoms with Gasteiger partial charge in [-0.15, -0.1) is 0 Å². The Hall–Kier alpha value is -0.800. The van der Waals surface area contributed by atoms with E-state index in [0.717, 1.165) is 5.56 Å². The number of halogens is 1. The number of thiocarbonyl (C=S) groups is 1. The molecule has 0 saturated carbocycles. The van der Waals surface area contributed by atoms with Crippen molar-refractivity contribution < 1.29 is 14.6 Å². The van der Waals surface area contributed by atoms with Gasteiger partial charge in [-0.2, -0.15) is 0 Å². The van der Waals surface area contributed by atoms with E-state index in [1.807, 2.05) is 22.6 Å². The summed E-state index contributed by atoms with van der Waals surface area (Å²) in [6.45, 7) is 0. The maximum atomic E-state index is 11.5. The zero-order chi connectivity index (χ0) is 13.3. The molecule has 18 heavy (non-hydrogen) atoms. The van der Waals surface area contributed by atoms with E-state index in [0.29, 0.717) is 18.5 Å². The molecule has 2 rings (SSSR count). The average molecular weight is 393 g/mol. The van der Waals surface area contributed by atoms with Gasteiger partial charge in [-0.1, -0.05) is 24.0 Å². The fraction of sp³-hybridized carbons (Fsp3) is 0.0909. The number of carbonyl (C=O) groups is 1. The first-order valence-electron chi connectivity index (χ1n) is 4.82. The molecule has 1 aromatic carbocycles. The highest BCUT2D eigenvalue weighted by Crippen LogP contribution is 2.34. The summed E-state index contributed by atoms with van der Waals surface area (Å²) in [7, 11) is 1.48. The highest BCUT2D eigenvalue weighted by molar-refractivity contribution is 14.1. The minimum absolute atomic E-state index is 0.0966. The predicted molar refractivity (Wildman–Crippen MR) is 83.7 cm³/mol. The number of nitrogens with one attached hydrogen (secondary N) is 1. The monoisotopic (exact) mass is 393 g/mol. The molecule has 4 nitrogen and oxygen atoms in total. The minimum atomic E-state index is -0.202. The molecular weight excluding hydrogens is 385 g/mol. The number of carbonyl (C=O) groups excluding carboxylic acids is 1. The lowest BCUT2D eigenvalue weighted by molar-refractivity contribution is -0.115. The minimum Gasteiger partial charge on any atom is -0.504 e. The number of phenols is 1. The van der Waals surface area contributed by atoms with Crippen LogP contribution in [0.5, 0.6) is 11.5 Å². The van der Waals surface area contributed by atoms with Gasteiger partial charge in [0.25, 0.3) is 5.91 Å². The van der Waals surface area contributed by atoms with Crippen LogP contribution in [0.25, 0.3) is 6.08 Å². The summed E-state index contributed by atoms with van der Waals surface area (Å²) < 4.78 is 6.17. The molecular formula is C11H8INO3S2. The molecule has 1 heterocycles. The lowest BCUT2D eigenvalue weighted by atomic mass is 10.2. The Bertz CT molecular complexity index is 572. The lowest BCUT2D eigenvalue weighted by Gasteiger charge is -2.06. The highest BCUT2D eigenvalue weighted by Gasteiger charge is 2.22. The Morgan fingerprint density at radius 3 is 2.83 bits per heavy atom. The van der Waals surface area contributed by atoms with Crippen molar-refractivity contribution in [2.45, 2.75) is 0 Å². The third-order valence-electron chi connectivity index (χ3n) is 2.21. The number of amides is 1. The van der Waals surface area contributed by atoms with E-state index in [4.69, 9.17) is 17.0 Å². The second-order valence-corrected chi connectivity index (χ2v) is 6.29. The van der Waals surface area contributed by atoms with Gasteiger partial charge in [0.15, 0.2) is 11.5 Å². The van der Waals surface area contributed by atoms with Crippen molar-refractivity contribution in [3.8, 4) is 11.5 Å². The number of benzene rings is 1.